The SMILES string of the molecule is CCN(CCCO)S(=O)(=O)c1ccc2c(c1)NC(=O)CO2. The minimum atomic E-state index is -3.66. The lowest BCUT2D eigenvalue weighted by atomic mass is 10.2. The number of sulfonamides is 1. The smallest absolute Gasteiger partial charge is 0.262 e. The van der Waals surface area contributed by atoms with E-state index >= 15 is 0 Å². The first-order valence-corrected chi connectivity index (χ1v) is 8.10. The molecule has 116 valence electrons. The zero-order valence-corrected chi connectivity index (χ0v) is 12.5. The average molecular weight is 314 g/mol. The van der Waals surface area contributed by atoms with Gasteiger partial charge in [0.05, 0.1) is 10.6 Å². The second kappa shape index (κ2) is 6.42. The third kappa shape index (κ3) is 3.34. The molecule has 0 saturated carbocycles. The van der Waals surface area contributed by atoms with E-state index in [4.69, 9.17) is 9.84 Å². The molecule has 0 spiro atoms. The number of ether oxygens (including phenoxy) is 1. The molecule has 0 radical (unpaired) electrons. The Hall–Kier alpha value is -1.64. The maximum atomic E-state index is 12.5. The van der Waals surface area contributed by atoms with Crippen LogP contribution in [0.15, 0.2) is 23.1 Å². The fourth-order valence-corrected chi connectivity index (χ4v) is 3.58. The van der Waals surface area contributed by atoms with Crippen molar-refractivity contribution in [3.05, 3.63) is 18.2 Å². The van der Waals surface area contributed by atoms with Crippen LogP contribution in [0.2, 0.25) is 0 Å². The molecule has 1 amide bonds. The third-order valence-electron chi connectivity index (χ3n) is 3.14. The van der Waals surface area contributed by atoms with Crippen LogP contribution in [-0.4, -0.2) is 50.0 Å². The summed E-state index contributed by atoms with van der Waals surface area (Å²) in [5.41, 5.74) is 0.352. The maximum absolute atomic E-state index is 12.5. The van der Waals surface area contributed by atoms with Crippen molar-refractivity contribution >= 4 is 21.6 Å². The second-order valence-electron chi connectivity index (χ2n) is 4.57. The number of carbonyl (C=O) groups is 1. The van der Waals surface area contributed by atoms with Gasteiger partial charge in [0.1, 0.15) is 5.75 Å². The van der Waals surface area contributed by atoms with Gasteiger partial charge in [-0.2, -0.15) is 4.31 Å². The van der Waals surface area contributed by atoms with E-state index in [-0.39, 0.29) is 30.6 Å². The van der Waals surface area contributed by atoms with Crippen LogP contribution >= 0.6 is 0 Å². The highest BCUT2D eigenvalue weighted by molar-refractivity contribution is 7.89. The van der Waals surface area contributed by atoms with Crippen molar-refractivity contribution in [2.75, 3.05) is 31.6 Å². The number of fused-ring (bicyclic) bond motifs is 1. The lowest BCUT2D eigenvalue weighted by molar-refractivity contribution is -0.118. The average Bonchev–Trinajstić information content (AvgIpc) is 2.47. The van der Waals surface area contributed by atoms with E-state index in [0.717, 1.165) is 0 Å². The van der Waals surface area contributed by atoms with Crippen LogP contribution in [0.3, 0.4) is 0 Å². The van der Waals surface area contributed by atoms with Gasteiger partial charge >= 0.3 is 0 Å². The zero-order valence-electron chi connectivity index (χ0n) is 11.7. The van der Waals surface area contributed by atoms with Crippen molar-refractivity contribution in [1.29, 1.82) is 0 Å². The molecule has 8 heteroatoms. The summed E-state index contributed by atoms with van der Waals surface area (Å²) < 4.78 is 31.5. The van der Waals surface area contributed by atoms with E-state index in [1.54, 1.807) is 6.92 Å². The summed E-state index contributed by atoms with van der Waals surface area (Å²) in [5.74, 6) is 0.136. The number of aliphatic hydroxyl groups excluding tert-OH is 1. The Bertz CT molecular complexity index is 629. The number of anilines is 1. The van der Waals surface area contributed by atoms with Crippen molar-refractivity contribution in [3.8, 4) is 5.75 Å². The van der Waals surface area contributed by atoms with Crippen LogP contribution in [0.5, 0.6) is 5.75 Å². The standard InChI is InChI=1S/C13H18N2O5S/c1-2-15(6-3-7-16)21(18,19)10-4-5-12-11(8-10)14-13(17)9-20-12/h4-5,8,16H,2-3,6-7,9H2,1H3,(H,14,17). The Morgan fingerprint density at radius 3 is 2.86 bits per heavy atom. The quantitative estimate of drug-likeness (QED) is 0.793. The Balaban J connectivity index is 2.31. The van der Waals surface area contributed by atoms with Gasteiger partial charge in [0.25, 0.3) is 5.91 Å². The first-order valence-electron chi connectivity index (χ1n) is 6.66. The number of nitrogens with zero attached hydrogens (tertiary/aromatic N) is 1. The molecule has 0 saturated heterocycles. The Morgan fingerprint density at radius 1 is 1.43 bits per heavy atom. The van der Waals surface area contributed by atoms with Gasteiger partial charge in [-0.25, -0.2) is 8.42 Å². The summed E-state index contributed by atoms with van der Waals surface area (Å²) >= 11 is 0. The Labute approximate surface area is 123 Å². The number of nitrogens with one attached hydrogen (secondary N) is 1. The van der Waals surface area contributed by atoms with Gasteiger partial charge in [0.15, 0.2) is 6.61 Å². The lowest BCUT2D eigenvalue weighted by Crippen LogP contribution is -2.32. The largest absolute Gasteiger partial charge is 0.482 e. The molecule has 1 aliphatic rings. The fourth-order valence-electron chi connectivity index (χ4n) is 2.07. The van der Waals surface area contributed by atoms with Crippen molar-refractivity contribution in [1.82, 2.24) is 4.31 Å². The van der Waals surface area contributed by atoms with Crippen LogP contribution in [0.25, 0.3) is 0 Å². The van der Waals surface area contributed by atoms with Crippen LogP contribution in [-0.2, 0) is 14.8 Å². The maximum Gasteiger partial charge on any atom is 0.262 e. The van der Waals surface area contributed by atoms with Gasteiger partial charge in [-0.05, 0) is 24.6 Å². The van der Waals surface area contributed by atoms with Gasteiger partial charge < -0.3 is 15.2 Å². The van der Waals surface area contributed by atoms with E-state index in [0.29, 0.717) is 24.4 Å². The molecule has 1 aromatic carbocycles. The van der Waals surface area contributed by atoms with Gasteiger partial charge in [0, 0.05) is 19.7 Å². The van der Waals surface area contributed by atoms with E-state index in [9.17, 15) is 13.2 Å². The number of aliphatic hydroxyl groups is 1. The first kappa shape index (κ1) is 15.7. The molecule has 0 bridgehead atoms. The lowest BCUT2D eigenvalue weighted by Gasteiger charge is -2.22. The third-order valence-corrected chi connectivity index (χ3v) is 5.11. The van der Waals surface area contributed by atoms with E-state index < -0.39 is 10.0 Å². The van der Waals surface area contributed by atoms with Gasteiger partial charge in [-0.1, -0.05) is 6.92 Å². The Kier molecular flexibility index (Phi) is 4.81. The number of carbonyl (C=O) groups excluding carboxylic acids is 1. The number of hydrogen-bond donors (Lipinski definition) is 2. The van der Waals surface area contributed by atoms with Crippen LogP contribution < -0.4 is 10.1 Å². The monoisotopic (exact) mass is 314 g/mol. The molecule has 2 rings (SSSR count). The number of benzene rings is 1. The van der Waals surface area contributed by atoms with Crippen molar-refractivity contribution < 1.29 is 23.1 Å². The molecular weight excluding hydrogens is 296 g/mol. The van der Waals surface area contributed by atoms with Gasteiger partial charge in [-0.15, -0.1) is 0 Å². The molecule has 0 aliphatic carbocycles. The van der Waals surface area contributed by atoms with Crippen molar-refractivity contribution in [2.24, 2.45) is 0 Å². The molecule has 21 heavy (non-hydrogen) atoms. The fraction of sp³-hybridized carbons (Fsp3) is 0.462. The summed E-state index contributed by atoms with van der Waals surface area (Å²) in [6.07, 6.45) is 0.373. The molecule has 0 fully saturated rings. The highest BCUT2D eigenvalue weighted by atomic mass is 32.2. The highest BCUT2D eigenvalue weighted by Gasteiger charge is 2.25. The van der Waals surface area contributed by atoms with Crippen molar-refractivity contribution in [3.63, 3.8) is 0 Å². The number of amides is 1. The topological polar surface area (TPSA) is 95.9 Å². The predicted octanol–water partition coefficient (Wildman–Crippen LogP) is 0.410. The van der Waals surface area contributed by atoms with E-state index in [1.807, 2.05) is 0 Å². The van der Waals surface area contributed by atoms with Crippen LogP contribution in [0.1, 0.15) is 13.3 Å². The second-order valence-corrected chi connectivity index (χ2v) is 6.51. The number of hydrogen-bond acceptors (Lipinski definition) is 5. The summed E-state index contributed by atoms with van der Waals surface area (Å²) in [7, 11) is -3.66. The van der Waals surface area contributed by atoms with Crippen LogP contribution in [0.4, 0.5) is 5.69 Å². The Morgan fingerprint density at radius 2 is 2.19 bits per heavy atom. The molecule has 7 nitrogen and oxygen atoms in total. The zero-order chi connectivity index (χ0) is 15.5. The van der Waals surface area contributed by atoms with Crippen LogP contribution in [0, 0.1) is 0 Å². The summed E-state index contributed by atoms with van der Waals surface area (Å²) in [6.45, 7) is 2.15. The molecule has 0 aromatic heterocycles. The molecule has 0 atom stereocenters. The first-order chi connectivity index (χ1) is 9.98. The van der Waals surface area contributed by atoms with E-state index in [1.165, 1.54) is 22.5 Å². The normalized spacial score (nSPS) is 14.5. The number of rotatable bonds is 6. The summed E-state index contributed by atoms with van der Waals surface area (Å²) in [6, 6.07) is 4.37. The molecule has 0 unspecified atom stereocenters. The van der Waals surface area contributed by atoms with E-state index in [2.05, 4.69) is 5.32 Å². The predicted molar refractivity (Wildman–Crippen MR) is 76.7 cm³/mol. The van der Waals surface area contributed by atoms with Gasteiger partial charge in [0.2, 0.25) is 10.0 Å². The molecule has 1 aromatic rings. The molecule has 1 aliphatic heterocycles. The minimum absolute atomic E-state index is 0.0693. The molecule has 2 N–H and O–H groups in total. The van der Waals surface area contributed by atoms with Crippen molar-refractivity contribution in [2.45, 2.75) is 18.2 Å². The summed E-state index contributed by atoms with van der Waals surface area (Å²) in [4.78, 5) is 11.4. The molecule has 1 heterocycles. The highest BCUT2D eigenvalue weighted by Crippen LogP contribution is 2.31. The molecular formula is C13H18N2O5S. The minimum Gasteiger partial charge on any atom is -0.482 e. The van der Waals surface area contributed by atoms with Gasteiger partial charge in [-0.3, -0.25) is 4.79 Å². The summed E-state index contributed by atoms with van der Waals surface area (Å²) in [5, 5.41) is 11.4.